The Morgan fingerprint density at radius 2 is 2.04 bits per heavy atom. The monoisotopic (exact) mass is 356 g/mol. The molecule has 0 saturated carbocycles. The number of benzene rings is 1. The Bertz CT molecular complexity index is 795. The Morgan fingerprint density at radius 1 is 1.36 bits per heavy atom. The van der Waals surface area contributed by atoms with Crippen molar-refractivity contribution in [1.29, 1.82) is 0 Å². The Balaban J connectivity index is 2.71. The number of nitrogens with one attached hydrogen (secondary N) is 1. The predicted octanol–water partition coefficient (Wildman–Crippen LogP) is 3.49. The zero-order valence-corrected chi connectivity index (χ0v) is 14.2. The van der Waals surface area contributed by atoms with Gasteiger partial charge in [-0.1, -0.05) is 6.58 Å². The number of carbonyl (C=O) groups excluding carboxylic acids is 1. The van der Waals surface area contributed by atoms with Crippen molar-refractivity contribution in [2.45, 2.75) is 19.1 Å². The van der Waals surface area contributed by atoms with Crippen molar-refractivity contribution in [2.75, 3.05) is 21.2 Å². The minimum Gasteiger partial charge on any atom is -0.469 e. The number of halogens is 3. The lowest BCUT2D eigenvalue weighted by atomic mass is 10.0. The summed E-state index contributed by atoms with van der Waals surface area (Å²) in [6.07, 6.45) is -3.70. The number of nitrogens with zero attached hydrogens (tertiary/aromatic N) is 1. The number of carbonyl (C=O) groups is 1. The molecule has 5 nitrogen and oxygen atoms in total. The van der Waals surface area contributed by atoms with Gasteiger partial charge in [-0.2, -0.15) is 13.2 Å². The zero-order valence-electron chi connectivity index (χ0n) is 14.2. The van der Waals surface area contributed by atoms with Crippen LogP contribution in [0.4, 0.5) is 13.2 Å². The summed E-state index contributed by atoms with van der Waals surface area (Å²) in [6, 6.07) is 2.25. The lowest BCUT2D eigenvalue weighted by Gasteiger charge is -2.12. The highest BCUT2D eigenvalue weighted by Gasteiger charge is 2.35. The maximum Gasteiger partial charge on any atom is 0.420 e. The van der Waals surface area contributed by atoms with Crippen LogP contribution < -0.4 is 4.74 Å². The van der Waals surface area contributed by atoms with E-state index in [9.17, 15) is 18.0 Å². The first-order chi connectivity index (χ1) is 11.7. The molecule has 0 radical (unpaired) electrons. The largest absolute Gasteiger partial charge is 0.469 e. The van der Waals surface area contributed by atoms with E-state index in [-0.39, 0.29) is 17.7 Å². The molecule has 0 aliphatic carbocycles. The van der Waals surface area contributed by atoms with Gasteiger partial charge in [-0.25, -0.2) is 0 Å². The molecule has 1 N–H and O–H groups in total. The maximum absolute atomic E-state index is 13.3. The quantitative estimate of drug-likeness (QED) is 0.636. The second-order valence-electron chi connectivity index (χ2n) is 5.75. The first kappa shape index (κ1) is 18.9. The van der Waals surface area contributed by atoms with Crippen molar-refractivity contribution < 1.29 is 27.4 Å². The molecule has 25 heavy (non-hydrogen) atoms. The number of rotatable bonds is 6. The summed E-state index contributed by atoms with van der Waals surface area (Å²) in [4.78, 5) is 16.5. The number of aromatic amines is 1. The van der Waals surface area contributed by atoms with Crippen LogP contribution in [-0.2, 0) is 28.7 Å². The van der Waals surface area contributed by atoms with Crippen LogP contribution in [0, 0.1) is 0 Å². The van der Waals surface area contributed by atoms with E-state index in [0.29, 0.717) is 23.2 Å². The highest BCUT2D eigenvalue weighted by atomic mass is 19.4. The number of H-pyrrole nitrogens is 1. The van der Waals surface area contributed by atoms with Gasteiger partial charge in [0.25, 0.3) is 0 Å². The molecule has 0 aliphatic rings. The normalized spacial score (nSPS) is 11.8. The number of hydrogen-bond donors (Lipinski definition) is 1. The van der Waals surface area contributed by atoms with E-state index in [1.165, 1.54) is 13.2 Å². The van der Waals surface area contributed by atoms with Gasteiger partial charge in [-0.05, 0) is 31.8 Å². The second-order valence-corrected chi connectivity index (χ2v) is 5.75. The van der Waals surface area contributed by atoms with Gasteiger partial charge in [0.05, 0.1) is 19.8 Å². The number of fused-ring (bicyclic) bond motifs is 1. The Hall–Kier alpha value is -2.48. The highest BCUT2D eigenvalue weighted by molar-refractivity contribution is 5.90. The number of alkyl halides is 3. The Kier molecular flexibility index (Phi) is 5.42. The molecule has 8 heteroatoms. The molecule has 0 spiro atoms. The fourth-order valence-corrected chi connectivity index (χ4v) is 2.61. The van der Waals surface area contributed by atoms with Crippen LogP contribution in [0.2, 0.25) is 0 Å². The third kappa shape index (κ3) is 4.14. The summed E-state index contributed by atoms with van der Waals surface area (Å²) in [7, 11) is 4.90. The molecule has 1 heterocycles. The molecule has 0 unspecified atom stereocenters. The van der Waals surface area contributed by atoms with Gasteiger partial charge in [0.2, 0.25) is 0 Å². The van der Waals surface area contributed by atoms with Gasteiger partial charge in [0.1, 0.15) is 11.3 Å². The number of hydrogen-bond acceptors (Lipinski definition) is 4. The third-order valence-corrected chi connectivity index (χ3v) is 3.63. The van der Waals surface area contributed by atoms with Crippen LogP contribution in [0.15, 0.2) is 25.0 Å². The molecule has 0 fully saturated rings. The molecule has 2 rings (SSSR count). The van der Waals surface area contributed by atoms with Crippen LogP contribution in [0.3, 0.4) is 0 Å². The summed E-state index contributed by atoms with van der Waals surface area (Å²) in [5, 5.41) is 0.479. The number of esters is 1. The Labute approximate surface area is 143 Å². The lowest BCUT2D eigenvalue weighted by molar-refractivity contribution is -0.140. The van der Waals surface area contributed by atoms with Crippen molar-refractivity contribution in [3.05, 3.63) is 41.8 Å². The van der Waals surface area contributed by atoms with Crippen molar-refractivity contribution in [1.82, 2.24) is 9.88 Å². The fourth-order valence-electron chi connectivity index (χ4n) is 2.61. The molecule has 0 saturated heterocycles. The molecule has 0 aliphatic heterocycles. The molecule has 0 atom stereocenters. The molecule has 0 amide bonds. The minimum absolute atomic E-state index is 0.0570. The first-order valence-corrected chi connectivity index (χ1v) is 7.41. The van der Waals surface area contributed by atoms with Gasteiger partial charge < -0.3 is 19.4 Å². The molecule has 1 aromatic heterocycles. The van der Waals surface area contributed by atoms with Crippen LogP contribution in [0.5, 0.6) is 5.75 Å². The van der Waals surface area contributed by atoms with Crippen molar-refractivity contribution in [3.8, 4) is 5.75 Å². The van der Waals surface area contributed by atoms with Crippen LogP contribution in [0.25, 0.3) is 10.9 Å². The third-order valence-electron chi connectivity index (χ3n) is 3.63. The standard InChI is InChI=1S/C17H19F3N2O3/c1-5-25-15-6-10-11(7-16(23)24-4)14(9-22(2)3)21-13(10)8-12(15)17(18,19)20/h5-6,8,21H,1,7,9H2,2-4H3. The van der Waals surface area contributed by atoms with Crippen molar-refractivity contribution in [3.63, 3.8) is 0 Å². The first-order valence-electron chi connectivity index (χ1n) is 7.41. The fraction of sp³-hybridized carbons (Fsp3) is 0.353. The van der Waals surface area contributed by atoms with E-state index < -0.39 is 17.7 Å². The average Bonchev–Trinajstić information content (AvgIpc) is 2.82. The summed E-state index contributed by atoms with van der Waals surface area (Å²) in [5.74, 6) is -0.844. The van der Waals surface area contributed by atoms with E-state index in [0.717, 1.165) is 12.3 Å². The number of ether oxygens (including phenoxy) is 2. The zero-order chi connectivity index (χ0) is 18.8. The molecule has 136 valence electrons. The number of methoxy groups -OCH3 is 1. The molecule has 2 aromatic rings. The smallest absolute Gasteiger partial charge is 0.420 e. The summed E-state index contributed by atoms with van der Waals surface area (Å²) in [6.45, 7) is 3.74. The van der Waals surface area contributed by atoms with Gasteiger partial charge in [-0.3, -0.25) is 4.79 Å². The maximum atomic E-state index is 13.3. The molecule has 1 aromatic carbocycles. The SMILES string of the molecule is C=COc1cc2c(CC(=O)OC)c(CN(C)C)[nH]c2cc1C(F)(F)F. The number of aromatic nitrogens is 1. The predicted molar refractivity (Wildman–Crippen MR) is 87.2 cm³/mol. The van der Waals surface area contributed by atoms with E-state index in [4.69, 9.17) is 9.47 Å². The highest BCUT2D eigenvalue weighted by Crippen LogP contribution is 2.40. The lowest BCUT2D eigenvalue weighted by Crippen LogP contribution is -2.14. The summed E-state index contributed by atoms with van der Waals surface area (Å²) in [5.41, 5.74) is 0.592. The minimum atomic E-state index is -4.58. The van der Waals surface area contributed by atoms with Gasteiger partial charge >= 0.3 is 12.1 Å². The topological polar surface area (TPSA) is 54.6 Å². The van der Waals surface area contributed by atoms with E-state index in [2.05, 4.69) is 11.6 Å². The average molecular weight is 356 g/mol. The van der Waals surface area contributed by atoms with E-state index in [1.54, 1.807) is 0 Å². The Morgan fingerprint density at radius 3 is 2.56 bits per heavy atom. The van der Waals surface area contributed by atoms with Crippen LogP contribution in [0.1, 0.15) is 16.8 Å². The summed E-state index contributed by atoms with van der Waals surface area (Å²) < 4.78 is 49.5. The van der Waals surface area contributed by atoms with Crippen molar-refractivity contribution in [2.24, 2.45) is 0 Å². The molecular formula is C17H19F3N2O3. The van der Waals surface area contributed by atoms with Gasteiger partial charge in [-0.15, -0.1) is 0 Å². The summed E-state index contributed by atoms with van der Waals surface area (Å²) >= 11 is 0. The van der Waals surface area contributed by atoms with E-state index >= 15 is 0 Å². The van der Waals surface area contributed by atoms with Gasteiger partial charge in [0.15, 0.2) is 0 Å². The van der Waals surface area contributed by atoms with Crippen LogP contribution >= 0.6 is 0 Å². The second kappa shape index (κ2) is 7.18. The molecule has 0 bridgehead atoms. The van der Waals surface area contributed by atoms with Crippen LogP contribution in [-0.4, -0.2) is 37.1 Å². The van der Waals surface area contributed by atoms with Gasteiger partial charge in [0, 0.05) is 23.1 Å². The van der Waals surface area contributed by atoms with E-state index in [1.807, 2.05) is 19.0 Å². The molecular weight excluding hydrogens is 337 g/mol. The van der Waals surface area contributed by atoms with Crippen molar-refractivity contribution >= 4 is 16.9 Å².